The van der Waals surface area contributed by atoms with Crippen LogP contribution in [0.2, 0.25) is 0 Å². The van der Waals surface area contributed by atoms with Gasteiger partial charge in [-0.1, -0.05) is 0 Å². The Morgan fingerprint density at radius 3 is 1.59 bits per heavy atom. The average molecular weight is 2020 g/mol. The van der Waals surface area contributed by atoms with Crippen molar-refractivity contribution in [2.24, 2.45) is 0 Å². The molecule has 21 heteroatoms. The largest absolute Gasteiger partial charge is 0.462 e. The van der Waals surface area contributed by atoms with Crippen LogP contribution in [0.5, 0.6) is 5.75 Å². The molecule has 3 unspecified atom stereocenters. The number of aliphatic hydroxyl groups excluding tert-OH is 7. The van der Waals surface area contributed by atoms with E-state index in [1.54, 1.807) is 0 Å². The zero-order valence-corrected chi connectivity index (χ0v) is 52.4. The predicted octanol–water partition coefficient (Wildman–Crippen LogP) is -3.49. The van der Waals surface area contributed by atoms with Gasteiger partial charge in [0.2, 0.25) is 6.29 Å². The predicted molar refractivity (Wildman–Crippen MR) is 90.4 cm³/mol. The van der Waals surface area contributed by atoms with Gasteiger partial charge in [-0.3, -0.25) is 10.1 Å². The molecule has 3 rings (SSSR count). The van der Waals surface area contributed by atoms with Gasteiger partial charge in [-0.05, 0) is 12.1 Å². The van der Waals surface area contributed by atoms with Crippen molar-refractivity contribution in [1.29, 1.82) is 0 Å². The Morgan fingerprint density at radius 1 is 0.649 bits per heavy atom. The van der Waals surface area contributed by atoms with Crippen molar-refractivity contribution in [3.05, 3.63) is 34.4 Å². The molecule has 0 bridgehead atoms. The normalized spacial score (nSPS) is 34.0. The molecule has 7 N–H and O–H groups in total. The Labute approximate surface area is 462 Å². The van der Waals surface area contributed by atoms with Crippen LogP contribution >= 0.6 is 0 Å². The van der Waals surface area contributed by atoms with Crippen LogP contribution in [0.15, 0.2) is 24.3 Å². The molecule has 14 nitrogen and oxygen atoms in total. The maximum atomic E-state index is 10.7. The van der Waals surface area contributed by atoms with Gasteiger partial charge < -0.3 is 54.7 Å². The number of non-ortho nitro benzene ring substituents is 1. The number of rotatable bonds is 5. The summed E-state index contributed by atoms with van der Waals surface area (Å²) in [6.45, 7) is 0. The molecule has 10 atom stereocenters. The fraction of sp³-hybridized carbons (Fsp3) is 0.625. The van der Waals surface area contributed by atoms with E-state index in [1.165, 1.54) is 12.1 Å². The second-order valence-corrected chi connectivity index (χ2v) is 6.71. The minimum atomic E-state index is -1.93. The van der Waals surface area contributed by atoms with Crippen molar-refractivity contribution in [3.63, 3.8) is 0 Å². The molecule has 0 amide bonds. The third kappa shape index (κ3) is 15.9. The van der Waals surface area contributed by atoms with E-state index in [1.807, 2.05) is 0 Å². The monoisotopic (exact) mass is 2020 g/mol. The Hall–Kier alpha value is 8.11. The molecule has 2 heterocycles. The molecule has 1 aromatic rings. The topological polar surface area (TPSA) is 222 Å². The Balaban J connectivity index is -0.000000488. The van der Waals surface area contributed by atoms with Gasteiger partial charge in [0, 0.05) is 321 Å². The smallest absolute Gasteiger partial charge is 0.269 e. The van der Waals surface area contributed by atoms with Gasteiger partial charge in [-0.15, -0.1) is 0 Å². The fourth-order valence-electron chi connectivity index (χ4n) is 2.95. The summed E-state index contributed by atoms with van der Waals surface area (Å²) in [7, 11) is 0. The van der Waals surface area contributed by atoms with Crippen molar-refractivity contribution < 1.29 is 368 Å². The molecule has 2 aliphatic rings. The van der Waals surface area contributed by atoms with Crippen LogP contribution in [-0.4, -0.2) is 102 Å². The molecule has 37 heavy (non-hydrogen) atoms. The number of nitro groups is 1. The molecule has 0 aliphatic carbocycles. The maximum Gasteiger partial charge on any atom is 0.269 e. The molecule has 189 valence electrons. The second-order valence-electron chi connectivity index (χ2n) is 6.71. The summed E-state index contributed by atoms with van der Waals surface area (Å²) >= 11 is 0. The molecule has 2 aliphatic heterocycles. The van der Waals surface area contributed by atoms with Gasteiger partial charge in [0.25, 0.3) is 5.69 Å². The number of nitro benzene ring substituents is 1. The van der Waals surface area contributed by atoms with E-state index >= 15 is 0 Å². The van der Waals surface area contributed by atoms with Crippen LogP contribution in [0.25, 0.3) is 0 Å². The fourth-order valence-corrected chi connectivity index (χ4v) is 2.95. The number of hydrogen-bond donors (Lipinski definition) is 7. The summed E-state index contributed by atoms with van der Waals surface area (Å²) in [6.07, 6.45) is -18.1. The standard InChI is InChI=1S/C16H21NO13.7Ac/c18-7-8(19)13(23)29-15(9(7)20)28-12-10(21)14(24)30-16(11(12)22)27-6-3-1-5(2-4-6)17(25)26;;;;;;;/h1-4,7-16,18-24H;;;;;;;/t7-,8-,9+,10-,11+,12?,13-,14-,15?,16?;;;;;;;/m0......./s1. The van der Waals surface area contributed by atoms with Crippen molar-refractivity contribution in [2.75, 3.05) is 0 Å². The summed E-state index contributed by atoms with van der Waals surface area (Å²) in [4.78, 5) is 10.1. The summed E-state index contributed by atoms with van der Waals surface area (Å²) < 4.78 is 20.4. The summed E-state index contributed by atoms with van der Waals surface area (Å²) in [5.41, 5.74) is -0.216. The van der Waals surface area contributed by atoms with Crippen molar-refractivity contribution in [2.45, 2.75) is 61.8 Å². The van der Waals surface area contributed by atoms with Crippen LogP contribution in [0.1, 0.15) is 0 Å². The zero-order chi connectivity index (χ0) is 22.2. The van der Waals surface area contributed by atoms with Crippen molar-refractivity contribution in [3.8, 4) is 5.75 Å². The number of benzene rings is 1. The van der Waals surface area contributed by atoms with E-state index in [0.29, 0.717) is 0 Å². The molecule has 0 spiro atoms. The third-order valence-corrected chi connectivity index (χ3v) is 4.65. The molecular weight excluding hydrogens is 2000 g/mol. The van der Waals surface area contributed by atoms with Gasteiger partial charge in [-0.2, -0.15) is 0 Å². The molecule has 7 radical (unpaired) electrons. The summed E-state index contributed by atoms with van der Waals surface area (Å²) in [6, 6.07) is 4.68. The summed E-state index contributed by atoms with van der Waals surface area (Å²) in [5.74, 6) is 0.0231. The molecule has 2 saturated heterocycles. The van der Waals surface area contributed by atoms with E-state index in [2.05, 4.69) is 0 Å². The number of nitrogens with zero attached hydrogens (tertiary/aromatic N) is 1. The first kappa shape index (κ1) is 54.6. The van der Waals surface area contributed by atoms with Crippen molar-refractivity contribution in [1.82, 2.24) is 0 Å². The SMILES string of the molecule is O=[N+]([O-])c1ccc(OC2O[C@H](O)[C@@H](O)C(OC3O[C@H](O)[C@@H](O)[C@H](O)[C@H]3O)[C@H]2O)cc1.[Ac].[Ac].[Ac].[Ac].[Ac].[Ac].[Ac]. The average Bonchev–Trinajstić information content (AvgIpc) is 2.71. The van der Waals surface area contributed by atoms with Gasteiger partial charge >= 0.3 is 0 Å². The van der Waals surface area contributed by atoms with E-state index < -0.39 is 66.7 Å². The first-order valence-corrected chi connectivity index (χ1v) is 8.74. The van der Waals surface area contributed by atoms with E-state index in [-0.39, 0.29) is 320 Å². The van der Waals surface area contributed by atoms with Crippen LogP contribution in [0.3, 0.4) is 0 Å². The van der Waals surface area contributed by atoms with Gasteiger partial charge in [-0.25, -0.2) is 0 Å². The van der Waals surface area contributed by atoms with E-state index in [9.17, 15) is 45.9 Å². The van der Waals surface area contributed by atoms with Crippen LogP contribution < -0.4 is 4.74 Å². The minimum absolute atomic E-state index is 0. The maximum absolute atomic E-state index is 10.7. The zero-order valence-electron chi connectivity index (χ0n) is 19.2. The minimum Gasteiger partial charge on any atom is -0.462 e. The number of ether oxygens (including phenoxy) is 4. The van der Waals surface area contributed by atoms with Crippen molar-refractivity contribution >= 4 is 5.69 Å². The summed E-state index contributed by atoms with van der Waals surface area (Å²) in [5, 5.41) is 79.9. The van der Waals surface area contributed by atoms with Gasteiger partial charge in [0.1, 0.15) is 42.4 Å². The second kappa shape index (κ2) is 27.0. The Morgan fingerprint density at radius 2 is 1.11 bits per heavy atom. The molecule has 0 saturated carbocycles. The molecular formula is C16H21Ac7NO13. The van der Waals surface area contributed by atoms with Crippen LogP contribution in [0, 0.1) is 319 Å². The van der Waals surface area contributed by atoms with E-state index in [0.717, 1.165) is 12.1 Å². The van der Waals surface area contributed by atoms with Crippen LogP contribution in [0.4, 0.5) is 5.69 Å². The molecule has 1 aromatic carbocycles. The molecule has 0 aromatic heterocycles. The quantitative estimate of drug-likeness (QED) is 0.113. The van der Waals surface area contributed by atoms with E-state index in [4.69, 9.17) is 18.9 Å². The first-order chi connectivity index (χ1) is 14.1. The first-order valence-electron chi connectivity index (χ1n) is 8.74. The Bertz CT molecular complexity index is 758. The third-order valence-electron chi connectivity index (χ3n) is 4.65. The number of hydrogen-bond acceptors (Lipinski definition) is 13. The molecule has 2 fully saturated rings. The number of aliphatic hydroxyl groups is 7. The van der Waals surface area contributed by atoms with Gasteiger partial charge in [0.05, 0.1) is 4.92 Å². The van der Waals surface area contributed by atoms with Gasteiger partial charge in [0.15, 0.2) is 18.9 Å². The Kier molecular flexibility index (Phi) is 39.8. The van der Waals surface area contributed by atoms with Crippen LogP contribution in [-0.2, 0) is 14.2 Å².